The number of carbonyl (C=O) groups is 2. The summed E-state index contributed by atoms with van der Waals surface area (Å²) in [7, 11) is 0. The van der Waals surface area contributed by atoms with Gasteiger partial charge in [-0.15, -0.1) is 0 Å². The monoisotopic (exact) mass is 410 g/mol. The number of thioether (sulfide) groups is 1. The Kier molecular flexibility index (Phi) is 5.80. The minimum atomic E-state index is -0.105. The molecule has 8 heteroatoms. The number of furan rings is 1. The van der Waals surface area contributed by atoms with Crippen molar-refractivity contribution >= 4 is 34.5 Å². The smallest absolute Gasteiger partial charge is 0.289 e. The van der Waals surface area contributed by atoms with Crippen LogP contribution in [0.1, 0.15) is 35.9 Å². The number of hydrogen-bond donors (Lipinski definition) is 1. The number of benzene rings is 1. The van der Waals surface area contributed by atoms with Crippen molar-refractivity contribution in [2.24, 2.45) is 0 Å². The Balaban J connectivity index is 1.55. The van der Waals surface area contributed by atoms with Gasteiger partial charge in [-0.25, -0.2) is 9.97 Å². The fourth-order valence-electron chi connectivity index (χ4n) is 3.57. The number of para-hydroxylation sites is 1. The maximum absolute atomic E-state index is 13.2. The Morgan fingerprint density at radius 2 is 1.90 bits per heavy atom. The molecule has 1 aromatic carbocycles. The molecule has 1 fully saturated rings. The minimum absolute atomic E-state index is 0.0329. The van der Waals surface area contributed by atoms with E-state index in [0.717, 1.165) is 23.8 Å². The third-order valence-electron chi connectivity index (χ3n) is 4.97. The Morgan fingerprint density at radius 1 is 1.17 bits per heavy atom. The minimum Gasteiger partial charge on any atom is -0.451 e. The van der Waals surface area contributed by atoms with Gasteiger partial charge in [0, 0.05) is 55.2 Å². The molecule has 0 saturated carbocycles. The second-order valence-electron chi connectivity index (χ2n) is 6.99. The third kappa shape index (κ3) is 4.42. The second-order valence-corrected chi connectivity index (χ2v) is 7.94. The lowest BCUT2D eigenvalue weighted by molar-refractivity contribution is -0.119. The molecule has 2 amide bonds. The molecule has 2 aromatic heterocycles. The predicted molar refractivity (Wildman–Crippen MR) is 111 cm³/mol. The average Bonchev–Trinajstić information content (AvgIpc) is 3.11. The molecule has 0 aliphatic carbocycles. The summed E-state index contributed by atoms with van der Waals surface area (Å²) >= 11 is 1.48. The van der Waals surface area contributed by atoms with E-state index in [9.17, 15) is 9.59 Å². The van der Waals surface area contributed by atoms with E-state index < -0.39 is 0 Å². The van der Waals surface area contributed by atoms with E-state index in [1.165, 1.54) is 18.7 Å². The highest BCUT2D eigenvalue weighted by Gasteiger charge is 2.29. The van der Waals surface area contributed by atoms with Gasteiger partial charge in [-0.2, -0.15) is 0 Å². The largest absolute Gasteiger partial charge is 0.451 e. The van der Waals surface area contributed by atoms with Crippen LogP contribution in [-0.4, -0.2) is 45.8 Å². The maximum atomic E-state index is 13.2. The first-order valence-electron chi connectivity index (χ1n) is 9.58. The Bertz CT molecular complexity index is 1010. The first-order chi connectivity index (χ1) is 14.1. The van der Waals surface area contributed by atoms with Crippen LogP contribution < -0.4 is 5.32 Å². The fourth-order valence-corrected chi connectivity index (χ4v) is 4.40. The van der Waals surface area contributed by atoms with Gasteiger partial charge in [0.2, 0.25) is 5.91 Å². The first-order valence-corrected chi connectivity index (χ1v) is 10.6. The Labute approximate surface area is 172 Å². The van der Waals surface area contributed by atoms with Crippen molar-refractivity contribution in [1.82, 2.24) is 20.2 Å². The number of rotatable bonds is 5. The van der Waals surface area contributed by atoms with E-state index in [2.05, 4.69) is 15.3 Å². The fraction of sp³-hybridized carbons (Fsp3) is 0.333. The summed E-state index contributed by atoms with van der Waals surface area (Å²) in [5.74, 6) is 0.791. The molecular formula is C21H22N4O3S. The third-order valence-corrected chi connectivity index (χ3v) is 5.87. The zero-order valence-corrected chi connectivity index (χ0v) is 16.9. The van der Waals surface area contributed by atoms with Crippen molar-refractivity contribution in [1.29, 1.82) is 0 Å². The van der Waals surface area contributed by atoms with E-state index in [0.29, 0.717) is 35.3 Å². The highest BCUT2D eigenvalue weighted by atomic mass is 32.2. The van der Waals surface area contributed by atoms with Crippen LogP contribution in [0, 0.1) is 0 Å². The Hall–Kier alpha value is -2.87. The molecule has 1 saturated heterocycles. The van der Waals surface area contributed by atoms with Gasteiger partial charge in [0.25, 0.3) is 5.91 Å². The van der Waals surface area contributed by atoms with Gasteiger partial charge in [0.15, 0.2) is 10.9 Å². The molecule has 1 aliphatic heterocycles. The van der Waals surface area contributed by atoms with Crippen molar-refractivity contribution in [3.63, 3.8) is 0 Å². The molecule has 1 N–H and O–H groups in total. The van der Waals surface area contributed by atoms with Crippen LogP contribution in [0.15, 0.2) is 52.3 Å². The zero-order chi connectivity index (χ0) is 20.2. The lowest BCUT2D eigenvalue weighted by Crippen LogP contribution is -2.46. The molecule has 0 unspecified atom stereocenters. The van der Waals surface area contributed by atoms with Crippen LogP contribution in [0.2, 0.25) is 0 Å². The van der Waals surface area contributed by atoms with Crippen LogP contribution in [0.4, 0.5) is 0 Å². The molecule has 0 spiro atoms. The summed E-state index contributed by atoms with van der Waals surface area (Å²) in [6.45, 7) is 2.71. The quantitative estimate of drug-likeness (QED) is 0.513. The summed E-state index contributed by atoms with van der Waals surface area (Å²) in [5, 5.41) is 4.53. The number of nitrogens with one attached hydrogen (secondary N) is 1. The maximum Gasteiger partial charge on any atom is 0.289 e. The van der Waals surface area contributed by atoms with Crippen molar-refractivity contribution in [3.05, 3.63) is 54.0 Å². The average molecular weight is 410 g/mol. The molecule has 3 heterocycles. The topological polar surface area (TPSA) is 88.3 Å². The summed E-state index contributed by atoms with van der Waals surface area (Å²) in [4.78, 5) is 34.8. The van der Waals surface area contributed by atoms with Gasteiger partial charge in [-0.3, -0.25) is 9.59 Å². The molecule has 7 nitrogen and oxygen atoms in total. The molecule has 0 atom stereocenters. The number of carbonyl (C=O) groups excluding carboxylic acids is 2. The van der Waals surface area contributed by atoms with Gasteiger partial charge >= 0.3 is 0 Å². The summed E-state index contributed by atoms with van der Waals surface area (Å²) in [6, 6.07) is 9.59. The molecule has 4 rings (SSSR count). The normalized spacial score (nSPS) is 14.9. The lowest BCUT2D eigenvalue weighted by Gasteiger charge is -2.31. The van der Waals surface area contributed by atoms with Gasteiger partial charge < -0.3 is 14.6 Å². The van der Waals surface area contributed by atoms with Gasteiger partial charge in [-0.05, 0) is 25.0 Å². The molecule has 0 radical (unpaired) electrons. The number of amides is 2. The number of nitrogens with zero attached hydrogens (tertiary/aromatic N) is 3. The number of piperidine rings is 1. The first kappa shape index (κ1) is 19.4. The van der Waals surface area contributed by atoms with Gasteiger partial charge in [0.05, 0.1) is 0 Å². The van der Waals surface area contributed by atoms with E-state index in [-0.39, 0.29) is 17.9 Å². The van der Waals surface area contributed by atoms with Crippen molar-refractivity contribution in [2.45, 2.75) is 36.7 Å². The molecule has 29 heavy (non-hydrogen) atoms. The van der Waals surface area contributed by atoms with Crippen molar-refractivity contribution in [2.75, 3.05) is 13.1 Å². The Morgan fingerprint density at radius 3 is 2.62 bits per heavy atom. The number of fused-ring (bicyclic) bond motifs is 1. The van der Waals surface area contributed by atoms with Gasteiger partial charge in [-0.1, -0.05) is 30.0 Å². The molecule has 0 bridgehead atoms. The lowest BCUT2D eigenvalue weighted by atomic mass is 10.0. The predicted octanol–water partition coefficient (Wildman–Crippen LogP) is 3.26. The highest BCUT2D eigenvalue weighted by molar-refractivity contribution is 7.98. The van der Waals surface area contributed by atoms with Gasteiger partial charge in [0.1, 0.15) is 5.58 Å². The van der Waals surface area contributed by atoms with E-state index in [1.807, 2.05) is 29.2 Å². The zero-order valence-electron chi connectivity index (χ0n) is 16.1. The standard InChI is InChI=1S/C21H22N4O3S/c1-14(26)24-15-7-11-25(12-8-15)20(27)19-17(13-29-21-22-9-4-10-23-21)16-5-2-3-6-18(16)28-19/h2-6,9-10,15H,7-8,11-13H2,1H3,(H,24,26). The van der Waals surface area contributed by atoms with E-state index in [1.54, 1.807) is 18.5 Å². The van der Waals surface area contributed by atoms with Crippen LogP contribution >= 0.6 is 11.8 Å². The van der Waals surface area contributed by atoms with Crippen LogP contribution in [0.3, 0.4) is 0 Å². The summed E-state index contributed by atoms with van der Waals surface area (Å²) < 4.78 is 5.98. The highest BCUT2D eigenvalue weighted by Crippen LogP contribution is 2.32. The van der Waals surface area contributed by atoms with E-state index >= 15 is 0 Å². The summed E-state index contributed by atoms with van der Waals surface area (Å²) in [5.41, 5.74) is 1.57. The second kappa shape index (κ2) is 8.65. The van der Waals surface area contributed by atoms with Crippen LogP contribution in [0.5, 0.6) is 0 Å². The summed E-state index contributed by atoms with van der Waals surface area (Å²) in [6.07, 6.45) is 4.89. The number of aromatic nitrogens is 2. The SMILES string of the molecule is CC(=O)NC1CCN(C(=O)c2oc3ccccc3c2CSc2ncccn2)CC1. The van der Waals surface area contributed by atoms with E-state index in [4.69, 9.17) is 4.42 Å². The van der Waals surface area contributed by atoms with Crippen LogP contribution in [-0.2, 0) is 10.5 Å². The molecule has 3 aromatic rings. The molecule has 150 valence electrons. The van der Waals surface area contributed by atoms with Crippen molar-refractivity contribution in [3.8, 4) is 0 Å². The van der Waals surface area contributed by atoms with Crippen LogP contribution in [0.25, 0.3) is 11.0 Å². The number of hydrogen-bond acceptors (Lipinski definition) is 6. The molecular weight excluding hydrogens is 388 g/mol. The number of likely N-dealkylation sites (tertiary alicyclic amines) is 1. The van der Waals surface area contributed by atoms with Crippen molar-refractivity contribution < 1.29 is 14.0 Å². The molecule has 1 aliphatic rings.